The van der Waals surface area contributed by atoms with E-state index in [0.717, 1.165) is 12.8 Å². The van der Waals surface area contributed by atoms with Gasteiger partial charge >= 0.3 is 0 Å². The van der Waals surface area contributed by atoms with Gasteiger partial charge in [0, 0.05) is 12.0 Å². The topological polar surface area (TPSA) is 67.4 Å². The number of hydrogen-bond acceptors (Lipinski definition) is 3. The molecule has 0 radical (unpaired) electrons. The second-order valence-corrected chi connectivity index (χ2v) is 11.2. The number of rotatable bonds is 5. The van der Waals surface area contributed by atoms with E-state index in [1.54, 1.807) is 0 Å². The third-order valence-corrected chi connectivity index (χ3v) is 8.52. The van der Waals surface area contributed by atoms with Crippen LogP contribution >= 0.6 is 0 Å². The normalized spacial score (nSPS) is 24.1. The molecule has 1 aliphatic rings. The summed E-state index contributed by atoms with van der Waals surface area (Å²) < 4.78 is 6.19. The van der Waals surface area contributed by atoms with Gasteiger partial charge in [-0.3, -0.25) is 20.4 Å². The Labute approximate surface area is 110 Å². The zero-order chi connectivity index (χ0) is 14.0. The van der Waals surface area contributed by atoms with Gasteiger partial charge in [-0.25, -0.2) is 0 Å². The van der Waals surface area contributed by atoms with Crippen LogP contribution in [0, 0.1) is 5.92 Å². The molecule has 1 aliphatic carbocycles. The van der Waals surface area contributed by atoms with E-state index < -0.39 is 8.32 Å². The summed E-state index contributed by atoms with van der Waals surface area (Å²) in [7, 11) is -1.73. The van der Waals surface area contributed by atoms with Crippen molar-refractivity contribution < 1.29 is 14.0 Å². The molecule has 0 aromatic rings. The molecule has 104 valence electrons. The lowest BCUT2D eigenvalue weighted by atomic mass is 9.82. The molecule has 0 atom stereocenters. The average Bonchev–Trinajstić information content (AvgIpc) is 2.17. The summed E-state index contributed by atoms with van der Waals surface area (Å²) in [5, 5.41) is 0.194. The highest BCUT2D eigenvalue weighted by molar-refractivity contribution is 6.74. The Hall–Kier alpha value is -0.883. The minimum absolute atomic E-state index is 0.0350. The summed E-state index contributed by atoms with van der Waals surface area (Å²) in [5.41, 5.74) is 4.52. The fraction of sp³-hybridized carbons (Fsp3) is 0.833. The maximum atomic E-state index is 11.5. The highest BCUT2D eigenvalue weighted by Gasteiger charge is 2.43. The average molecular weight is 272 g/mol. The number of carbonyl (C=O) groups excluding carboxylic acids is 2. The molecule has 0 heterocycles. The molecule has 1 fully saturated rings. The highest BCUT2D eigenvalue weighted by atomic mass is 28.4. The van der Waals surface area contributed by atoms with Crippen LogP contribution < -0.4 is 10.9 Å². The molecule has 5 nitrogen and oxygen atoms in total. The van der Waals surface area contributed by atoms with Crippen molar-refractivity contribution in [3.63, 3.8) is 0 Å². The van der Waals surface area contributed by atoms with Crippen LogP contribution in [0.4, 0.5) is 0 Å². The third kappa shape index (κ3) is 3.55. The van der Waals surface area contributed by atoms with E-state index in [1.165, 1.54) is 0 Å². The Morgan fingerprint density at radius 1 is 1.33 bits per heavy atom. The van der Waals surface area contributed by atoms with Gasteiger partial charge in [-0.2, -0.15) is 0 Å². The lowest BCUT2D eigenvalue weighted by Gasteiger charge is -2.44. The van der Waals surface area contributed by atoms with E-state index in [-0.39, 0.29) is 23.0 Å². The summed E-state index contributed by atoms with van der Waals surface area (Å²) >= 11 is 0. The molecule has 1 rings (SSSR count). The molecule has 6 heteroatoms. The summed E-state index contributed by atoms with van der Waals surface area (Å²) in [6, 6.07) is 0. The van der Waals surface area contributed by atoms with Crippen molar-refractivity contribution in [1.82, 2.24) is 10.9 Å². The lowest BCUT2D eigenvalue weighted by molar-refractivity contribution is -0.133. The summed E-state index contributed by atoms with van der Waals surface area (Å²) in [4.78, 5) is 21.6. The maximum Gasteiger partial charge on any atom is 0.241 e. The smallest absolute Gasteiger partial charge is 0.241 e. The van der Waals surface area contributed by atoms with Crippen LogP contribution in [0.1, 0.15) is 33.6 Å². The van der Waals surface area contributed by atoms with Gasteiger partial charge in [-0.1, -0.05) is 20.8 Å². The molecule has 2 amide bonds. The highest BCUT2D eigenvalue weighted by Crippen LogP contribution is 2.41. The van der Waals surface area contributed by atoms with E-state index in [9.17, 15) is 9.59 Å². The number of hydrazine groups is 1. The number of hydrogen-bond donors (Lipinski definition) is 2. The predicted molar refractivity (Wildman–Crippen MR) is 72.1 cm³/mol. The van der Waals surface area contributed by atoms with E-state index in [4.69, 9.17) is 4.43 Å². The van der Waals surface area contributed by atoms with Crippen molar-refractivity contribution in [2.24, 2.45) is 5.92 Å². The van der Waals surface area contributed by atoms with Gasteiger partial charge in [0.05, 0.1) is 0 Å². The van der Waals surface area contributed by atoms with E-state index in [0.29, 0.717) is 6.41 Å². The van der Waals surface area contributed by atoms with Crippen LogP contribution in [0.15, 0.2) is 0 Å². The van der Waals surface area contributed by atoms with Gasteiger partial charge in [0.2, 0.25) is 12.3 Å². The van der Waals surface area contributed by atoms with Gasteiger partial charge in [0.15, 0.2) is 8.32 Å². The summed E-state index contributed by atoms with van der Waals surface area (Å²) in [6.07, 6.45) is 2.15. The van der Waals surface area contributed by atoms with Crippen LogP contribution in [0.5, 0.6) is 0 Å². The van der Waals surface area contributed by atoms with E-state index in [2.05, 4.69) is 44.7 Å². The molecule has 0 unspecified atom stereocenters. The van der Waals surface area contributed by atoms with Crippen molar-refractivity contribution in [1.29, 1.82) is 0 Å². The minimum atomic E-state index is -1.73. The largest absolute Gasteiger partial charge is 0.414 e. The van der Waals surface area contributed by atoms with Crippen LogP contribution in [-0.4, -0.2) is 26.7 Å². The van der Waals surface area contributed by atoms with Crippen molar-refractivity contribution in [3.8, 4) is 0 Å². The van der Waals surface area contributed by atoms with E-state index >= 15 is 0 Å². The molecule has 0 bridgehead atoms. The number of nitrogens with one attached hydrogen (secondary N) is 2. The van der Waals surface area contributed by atoms with Crippen molar-refractivity contribution in [2.75, 3.05) is 0 Å². The van der Waals surface area contributed by atoms with Gasteiger partial charge in [0.1, 0.15) is 0 Å². The van der Waals surface area contributed by atoms with Gasteiger partial charge in [-0.05, 0) is 31.0 Å². The van der Waals surface area contributed by atoms with E-state index in [1.807, 2.05) is 0 Å². The molecule has 0 saturated heterocycles. The van der Waals surface area contributed by atoms with Gasteiger partial charge in [-0.15, -0.1) is 0 Å². The van der Waals surface area contributed by atoms with Crippen molar-refractivity contribution in [3.05, 3.63) is 0 Å². The second kappa shape index (κ2) is 5.40. The lowest BCUT2D eigenvalue weighted by Crippen LogP contribution is -2.51. The number of carbonyl (C=O) groups is 2. The maximum absolute atomic E-state index is 11.5. The molecular formula is C12H24N2O3Si. The molecule has 18 heavy (non-hydrogen) atoms. The zero-order valence-corrected chi connectivity index (χ0v) is 12.9. The fourth-order valence-electron chi connectivity index (χ4n) is 1.67. The molecule has 0 aliphatic heterocycles. The fourth-order valence-corrected chi connectivity index (χ4v) is 3.05. The zero-order valence-electron chi connectivity index (χ0n) is 11.9. The molecule has 0 aromatic carbocycles. The summed E-state index contributed by atoms with van der Waals surface area (Å²) in [6.45, 7) is 11.0. The van der Waals surface area contributed by atoms with Crippen LogP contribution in [0.25, 0.3) is 0 Å². The van der Waals surface area contributed by atoms with Gasteiger partial charge < -0.3 is 4.43 Å². The van der Waals surface area contributed by atoms with Gasteiger partial charge in [0.25, 0.3) is 0 Å². The van der Waals surface area contributed by atoms with Crippen molar-refractivity contribution in [2.45, 2.75) is 57.8 Å². The Bertz CT molecular complexity index is 320. The minimum Gasteiger partial charge on any atom is -0.414 e. The standard InChI is InChI=1S/C12H24N2O3Si/c1-12(2,3)18(4,5)17-10-6-9(7-10)11(16)14-13-8-15/h8-10H,6-7H2,1-5H3,(H,13,15)(H,14,16). The third-order valence-electron chi connectivity index (χ3n) is 3.99. The Morgan fingerprint density at radius 2 is 1.89 bits per heavy atom. The van der Waals surface area contributed by atoms with Crippen LogP contribution in [0.2, 0.25) is 18.1 Å². The van der Waals surface area contributed by atoms with Crippen molar-refractivity contribution >= 4 is 20.6 Å². The Balaban J connectivity index is 2.35. The molecule has 0 spiro atoms. The first-order chi connectivity index (χ1) is 8.17. The summed E-state index contributed by atoms with van der Waals surface area (Å²) in [5.74, 6) is -0.163. The number of amides is 2. The monoisotopic (exact) mass is 272 g/mol. The Kier molecular flexibility index (Phi) is 4.55. The quantitative estimate of drug-likeness (QED) is 0.453. The van der Waals surface area contributed by atoms with Crippen LogP contribution in [-0.2, 0) is 14.0 Å². The first kappa shape index (κ1) is 15.2. The second-order valence-electron chi connectivity index (χ2n) is 6.42. The van der Waals surface area contributed by atoms with Crippen LogP contribution in [0.3, 0.4) is 0 Å². The first-order valence-electron chi connectivity index (χ1n) is 6.34. The molecule has 0 aromatic heterocycles. The molecule has 1 saturated carbocycles. The predicted octanol–water partition coefficient (Wildman–Crippen LogP) is 1.56. The Morgan fingerprint density at radius 3 is 2.33 bits per heavy atom. The SMILES string of the molecule is CC(C)(C)[Si](C)(C)OC1CC(C(=O)NNC=O)C1. The molecule has 2 N–H and O–H groups in total. The molecular weight excluding hydrogens is 248 g/mol. The first-order valence-corrected chi connectivity index (χ1v) is 9.25.